The third-order valence-corrected chi connectivity index (χ3v) is 2.67. The Balaban J connectivity index is 0.000000146. The zero-order chi connectivity index (χ0) is 10.1. The number of aliphatic hydroxyl groups is 1. The predicted molar refractivity (Wildman–Crippen MR) is 57.4 cm³/mol. The van der Waals surface area contributed by atoms with Crippen LogP contribution in [-0.2, 0) is 4.74 Å². The summed E-state index contributed by atoms with van der Waals surface area (Å²) in [6, 6.07) is 0. The lowest BCUT2D eigenvalue weighted by Gasteiger charge is -2.10. The number of morpholine rings is 1. The predicted octanol–water partition coefficient (Wildman–Crippen LogP) is 1.31. The molecule has 84 valence electrons. The Labute approximate surface area is 86.8 Å². The maximum atomic E-state index is 9.09. The van der Waals surface area contributed by atoms with Crippen LogP contribution in [0.3, 0.4) is 0 Å². The van der Waals surface area contributed by atoms with E-state index in [-0.39, 0.29) is 6.10 Å². The van der Waals surface area contributed by atoms with E-state index < -0.39 is 0 Å². The first-order valence-corrected chi connectivity index (χ1v) is 5.86. The van der Waals surface area contributed by atoms with Gasteiger partial charge in [-0.2, -0.15) is 0 Å². The monoisotopic (exact) mass is 201 g/mol. The topological polar surface area (TPSA) is 41.5 Å². The molecule has 0 bridgehead atoms. The molecule has 1 saturated carbocycles. The van der Waals surface area contributed by atoms with Gasteiger partial charge in [-0.05, 0) is 12.8 Å². The first-order chi connectivity index (χ1) is 6.89. The van der Waals surface area contributed by atoms with Crippen molar-refractivity contribution in [3.05, 3.63) is 0 Å². The van der Waals surface area contributed by atoms with Crippen molar-refractivity contribution in [1.29, 1.82) is 0 Å². The van der Waals surface area contributed by atoms with Crippen molar-refractivity contribution >= 4 is 0 Å². The summed E-state index contributed by atoms with van der Waals surface area (Å²) in [5, 5.41) is 12.2. The van der Waals surface area contributed by atoms with Crippen LogP contribution in [-0.4, -0.2) is 37.5 Å². The fourth-order valence-corrected chi connectivity index (χ4v) is 1.77. The molecule has 0 radical (unpaired) electrons. The zero-order valence-corrected chi connectivity index (χ0v) is 9.00. The minimum absolute atomic E-state index is 0.0255. The molecule has 0 atom stereocenters. The quantitative estimate of drug-likeness (QED) is 0.581. The average Bonchev–Trinajstić information content (AvgIpc) is 2.49. The van der Waals surface area contributed by atoms with Gasteiger partial charge in [-0.1, -0.05) is 25.7 Å². The van der Waals surface area contributed by atoms with E-state index in [1.807, 2.05) is 0 Å². The molecule has 3 nitrogen and oxygen atoms in total. The molecular formula is C11H23NO2. The van der Waals surface area contributed by atoms with E-state index in [9.17, 15) is 0 Å². The van der Waals surface area contributed by atoms with Crippen LogP contribution in [0.2, 0.25) is 0 Å². The molecule has 3 heteroatoms. The number of rotatable bonds is 0. The summed E-state index contributed by atoms with van der Waals surface area (Å²) in [5.41, 5.74) is 0. The maximum absolute atomic E-state index is 9.09. The molecule has 0 unspecified atom stereocenters. The summed E-state index contributed by atoms with van der Waals surface area (Å²) in [5.74, 6) is 0. The number of hydrogen-bond donors (Lipinski definition) is 2. The first kappa shape index (κ1) is 12.0. The average molecular weight is 201 g/mol. The van der Waals surface area contributed by atoms with Gasteiger partial charge in [0.15, 0.2) is 0 Å². The Kier molecular flexibility index (Phi) is 7.01. The fourth-order valence-electron chi connectivity index (χ4n) is 1.77. The molecule has 0 amide bonds. The highest BCUT2D eigenvalue weighted by Crippen LogP contribution is 2.16. The number of aliphatic hydroxyl groups excluding tert-OH is 1. The second-order valence-electron chi connectivity index (χ2n) is 4.01. The number of hydrogen-bond acceptors (Lipinski definition) is 3. The second-order valence-corrected chi connectivity index (χ2v) is 4.01. The summed E-state index contributed by atoms with van der Waals surface area (Å²) in [6.07, 6.45) is 7.24. The van der Waals surface area contributed by atoms with Gasteiger partial charge in [0.25, 0.3) is 0 Å². The molecule has 1 aliphatic heterocycles. The molecule has 1 saturated heterocycles. The highest BCUT2D eigenvalue weighted by molar-refractivity contribution is 4.60. The van der Waals surface area contributed by atoms with Gasteiger partial charge in [0.2, 0.25) is 0 Å². The lowest BCUT2D eigenvalue weighted by atomic mass is 10.2. The molecule has 1 heterocycles. The lowest BCUT2D eigenvalue weighted by molar-refractivity contribution is 0.109. The van der Waals surface area contributed by atoms with Crippen molar-refractivity contribution in [1.82, 2.24) is 5.32 Å². The molecule has 0 aromatic rings. The van der Waals surface area contributed by atoms with Gasteiger partial charge in [-0.25, -0.2) is 0 Å². The summed E-state index contributed by atoms with van der Waals surface area (Å²) in [4.78, 5) is 0. The molecule has 2 rings (SSSR count). The molecule has 2 aliphatic rings. The zero-order valence-electron chi connectivity index (χ0n) is 9.00. The Bertz CT molecular complexity index is 107. The van der Waals surface area contributed by atoms with Crippen molar-refractivity contribution in [2.45, 2.75) is 44.6 Å². The Morgan fingerprint density at radius 3 is 1.86 bits per heavy atom. The largest absolute Gasteiger partial charge is 0.393 e. The Hall–Kier alpha value is -0.120. The smallest absolute Gasteiger partial charge is 0.0591 e. The van der Waals surface area contributed by atoms with Crippen molar-refractivity contribution in [3.8, 4) is 0 Å². The minimum Gasteiger partial charge on any atom is -0.393 e. The van der Waals surface area contributed by atoms with Crippen molar-refractivity contribution in [2.24, 2.45) is 0 Å². The molecule has 2 fully saturated rings. The van der Waals surface area contributed by atoms with Crippen LogP contribution in [0.15, 0.2) is 0 Å². The fraction of sp³-hybridized carbons (Fsp3) is 1.00. The van der Waals surface area contributed by atoms with Crippen LogP contribution in [0, 0.1) is 0 Å². The SMILES string of the molecule is C1COCCN1.OC1CCCCCC1. The summed E-state index contributed by atoms with van der Waals surface area (Å²) >= 11 is 0. The van der Waals surface area contributed by atoms with Gasteiger partial charge in [0, 0.05) is 13.1 Å². The maximum Gasteiger partial charge on any atom is 0.0591 e. The van der Waals surface area contributed by atoms with E-state index in [1.165, 1.54) is 25.7 Å². The van der Waals surface area contributed by atoms with Crippen LogP contribution < -0.4 is 5.32 Å². The van der Waals surface area contributed by atoms with Gasteiger partial charge >= 0.3 is 0 Å². The van der Waals surface area contributed by atoms with E-state index in [0.717, 1.165) is 39.1 Å². The Morgan fingerprint density at radius 1 is 0.929 bits per heavy atom. The molecular weight excluding hydrogens is 178 g/mol. The summed E-state index contributed by atoms with van der Waals surface area (Å²) in [7, 11) is 0. The molecule has 0 aromatic carbocycles. The number of ether oxygens (including phenoxy) is 1. The number of nitrogens with one attached hydrogen (secondary N) is 1. The van der Waals surface area contributed by atoms with Crippen LogP contribution in [0.4, 0.5) is 0 Å². The van der Waals surface area contributed by atoms with Gasteiger partial charge in [-0.15, -0.1) is 0 Å². The summed E-state index contributed by atoms with van der Waals surface area (Å²) in [6.45, 7) is 3.83. The highest BCUT2D eigenvalue weighted by Gasteiger charge is 2.06. The van der Waals surface area contributed by atoms with E-state index in [4.69, 9.17) is 9.84 Å². The van der Waals surface area contributed by atoms with Crippen LogP contribution >= 0.6 is 0 Å². The molecule has 2 N–H and O–H groups in total. The van der Waals surface area contributed by atoms with E-state index in [2.05, 4.69) is 5.32 Å². The van der Waals surface area contributed by atoms with Gasteiger partial charge < -0.3 is 15.2 Å². The highest BCUT2D eigenvalue weighted by atomic mass is 16.5. The van der Waals surface area contributed by atoms with E-state index in [0.29, 0.717) is 0 Å². The minimum atomic E-state index is 0.0255. The third kappa shape index (κ3) is 6.35. The van der Waals surface area contributed by atoms with E-state index in [1.54, 1.807) is 0 Å². The molecule has 0 spiro atoms. The third-order valence-electron chi connectivity index (χ3n) is 2.67. The normalized spacial score (nSPS) is 24.6. The summed E-state index contributed by atoms with van der Waals surface area (Å²) < 4.78 is 5.01. The Morgan fingerprint density at radius 2 is 1.50 bits per heavy atom. The van der Waals surface area contributed by atoms with E-state index >= 15 is 0 Å². The molecule has 14 heavy (non-hydrogen) atoms. The second kappa shape index (κ2) is 8.21. The van der Waals surface area contributed by atoms with Crippen LogP contribution in [0.25, 0.3) is 0 Å². The first-order valence-electron chi connectivity index (χ1n) is 5.86. The standard InChI is InChI=1S/C7H14O.C4H9NO/c8-7-5-3-1-2-4-6-7;1-3-6-4-2-5-1/h7-8H,1-6H2;5H,1-4H2. The van der Waals surface area contributed by atoms with Gasteiger partial charge in [0.1, 0.15) is 0 Å². The van der Waals surface area contributed by atoms with Crippen LogP contribution in [0.5, 0.6) is 0 Å². The van der Waals surface area contributed by atoms with Crippen molar-refractivity contribution in [2.75, 3.05) is 26.3 Å². The molecule has 1 aliphatic carbocycles. The lowest BCUT2D eigenvalue weighted by Crippen LogP contribution is -2.30. The van der Waals surface area contributed by atoms with Crippen molar-refractivity contribution in [3.63, 3.8) is 0 Å². The van der Waals surface area contributed by atoms with Crippen LogP contribution in [0.1, 0.15) is 38.5 Å². The van der Waals surface area contributed by atoms with Gasteiger partial charge in [0.05, 0.1) is 19.3 Å². The molecule has 0 aromatic heterocycles. The van der Waals surface area contributed by atoms with Crippen molar-refractivity contribution < 1.29 is 9.84 Å². The van der Waals surface area contributed by atoms with Gasteiger partial charge in [-0.3, -0.25) is 0 Å².